The Morgan fingerprint density at radius 1 is 1.50 bits per heavy atom. The first-order chi connectivity index (χ1) is 5.66. The number of aromatic nitrogens is 2. The number of nitrogens with zero attached hydrogens (tertiary/aromatic N) is 2. The fourth-order valence-electron chi connectivity index (χ4n) is 1.40. The molecule has 0 saturated heterocycles. The zero-order valence-corrected chi connectivity index (χ0v) is 7.97. The fourth-order valence-corrected chi connectivity index (χ4v) is 1.64. The molecule has 1 fully saturated rings. The van der Waals surface area contributed by atoms with Crippen molar-refractivity contribution in [2.75, 3.05) is 0 Å². The molecule has 0 aliphatic heterocycles. The van der Waals surface area contributed by atoms with E-state index in [0.717, 1.165) is 17.4 Å². The Bertz CT molecular complexity index is 291. The van der Waals surface area contributed by atoms with Crippen LogP contribution in [0.3, 0.4) is 0 Å². The SMILES string of the molecule is Cc1cc(Cl)nc(C2CC2C)n1. The molecule has 12 heavy (non-hydrogen) atoms. The largest absolute Gasteiger partial charge is 0.238 e. The molecule has 0 N–H and O–H groups in total. The summed E-state index contributed by atoms with van der Waals surface area (Å²) >= 11 is 5.82. The minimum atomic E-state index is 0.558. The highest BCUT2D eigenvalue weighted by molar-refractivity contribution is 6.29. The maximum atomic E-state index is 5.82. The van der Waals surface area contributed by atoms with Gasteiger partial charge in [0.15, 0.2) is 0 Å². The van der Waals surface area contributed by atoms with E-state index in [4.69, 9.17) is 11.6 Å². The van der Waals surface area contributed by atoms with E-state index in [2.05, 4.69) is 16.9 Å². The lowest BCUT2D eigenvalue weighted by atomic mass is 10.3. The maximum absolute atomic E-state index is 5.82. The first-order valence-electron chi connectivity index (χ1n) is 4.18. The average Bonchev–Trinajstić information content (AvgIpc) is 2.64. The summed E-state index contributed by atoms with van der Waals surface area (Å²) in [6.07, 6.45) is 1.21. The van der Waals surface area contributed by atoms with Crippen LogP contribution in [0.15, 0.2) is 6.07 Å². The molecule has 0 spiro atoms. The molecule has 2 atom stereocenters. The number of hydrogen-bond donors (Lipinski definition) is 0. The molecule has 1 heterocycles. The van der Waals surface area contributed by atoms with Crippen molar-refractivity contribution in [2.24, 2.45) is 5.92 Å². The number of halogens is 1. The summed E-state index contributed by atoms with van der Waals surface area (Å²) in [4.78, 5) is 8.55. The van der Waals surface area contributed by atoms with Crippen molar-refractivity contribution in [3.05, 3.63) is 22.7 Å². The highest BCUT2D eigenvalue weighted by atomic mass is 35.5. The molecule has 1 aromatic heterocycles. The second kappa shape index (κ2) is 2.70. The minimum Gasteiger partial charge on any atom is -0.238 e. The van der Waals surface area contributed by atoms with Gasteiger partial charge in [-0.2, -0.15) is 0 Å². The smallest absolute Gasteiger partial charge is 0.133 e. The maximum Gasteiger partial charge on any atom is 0.133 e. The van der Waals surface area contributed by atoms with Crippen LogP contribution in [0.5, 0.6) is 0 Å². The quantitative estimate of drug-likeness (QED) is 0.624. The number of hydrogen-bond acceptors (Lipinski definition) is 2. The van der Waals surface area contributed by atoms with Crippen LogP contribution in [0.2, 0.25) is 5.15 Å². The Labute approximate surface area is 77.0 Å². The normalized spacial score (nSPS) is 27.2. The van der Waals surface area contributed by atoms with Crippen molar-refractivity contribution in [3.63, 3.8) is 0 Å². The molecule has 1 aliphatic rings. The van der Waals surface area contributed by atoms with Gasteiger partial charge in [-0.25, -0.2) is 9.97 Å². The van der Waals surface area contributed by atoms with Crippen molar-refractivity contribution >= 4 is 11.6 Å². The van der Waals surface area contributed by atoms with Crippen molar-refractivity contribution in [3.8, 4) is 0 Å². The Kier molecular flexibility index (Phi) is 1.80. The molecule has 64 valence electrons. The summed E-state index contributed by atoms with van der Waals surface area (Å²) in [5.74, 6) is 2.22. The summed E-state index contributed by atoms with van der Waals surface area (Å²) in [6.45, 7) is 4.16. The average molecular weight is 183 g/mol. The lowest BCUT2D eigenvalue weighted by molar-refractivity contribution is 0.833. The Morgan fingerprint density at radius 2 is 2.17 bits per heavy atom. The van der Waals surface area contributed by atoms with Crippen molar-refractivity contribution in [1.82, 2.24) is 9.97 Å². The third-order valence-corrected chi connectivity index (χ3v) is 2.47. The van der Waals surface area contributed by atoms with Gasteiger partial charge in [-0.1, -0.05) is 18.5 Å². The van der Waals surface area contributed by atoms with Crippen LogP contribution in [0.1, 0.15) is 30.8 Å². The van der Waals surface area contributed by atoms with E-state index in [-0.39, 0.29) is 0 Å². The summed E-state index contributed by atoms with van der Waals surface area (Å²) in [5, 5.41) is 0.566. The number of rotatable bonds is 1. The van der Waals surface area contributed by atoms with Crippen LogP contribution in [-0.4, -0.2) is 9.97 Å². The van der Waals surface area contributed by atoms with Crippen molar-refractivity contribution in [2.45, 2.75) is 26.2 Å². The lowest BCUT2D eigenvalue weighted by Gasteiger charge is -1.99. The highest BCUT2D eigenvalue weighted by Crippen LogP contribution is 2.45. The van der Waals surface area contributed by atoms with Gasteiger partial charge in [0, 0.05) is 11.6 Å². The molecular formula is C9H11ClN2. The first kappa shape index (κ1) is 7.99. The summed E-state index contributed by atoms with van der Waals surface area (Å²) in [6, 6.07) is 1.79. The molecule has 2 nitrogen and oxygen atoms in total. The second-order valence-corrected chi connectivity index (χ2v) is 3.90. The first-order valence-corrected chi connectivity index (χ1v) is 4.55. The van der Waals surface area contributed by atoms with E-state index in [1.165, 1.54) is 6.42 Å². The molecule has 0 amide bonds. The topological polar surface area (TPSA) is 25.8 Å². The van der Waals surface area contributed by atoms with E-state index < -0.39 is 0 Å². The second-order valence-electron chi connectivity index (χ2n) is 3.51. The van der Waals surface area contributed by atoms with E-state index in [1.807, 2.05) is 6.92 Å². The third-order valence-electron chi connectivity index (χ3n) is 2.28. The molecule has 1 saturated carbocycles. The highest BCUT2D eigenvalue weighted by Gasteiger charge is 2.36. The summed E-state index contributed by atoms with van der Waals surface area (Å²) in [5.41, 5.74) is 0.962. The fraction of sp³-hybridized carbons (Fsp3) is 0.556. The monoisotopic (exact) mass is 182 g/mol. The zero-order chi connectivity index (χ0) is 8.72. The molecule has 1 aliphatic carbocycles. The van der Waals surface area contributed by atoms with Crippen molar-refractivity contribution < 1.29 is 0 Å². The van der Waals surface area contributed by atoms with Gasteiger partial charge in [-0.15, -0.1) is 0 Å². The Hall–Kier alpha value is -0.630. The molecule has 2 rings (SSSR count). The predicted molar refractivity (Wildman–Crippen MR) is 48.3 cm³/mol. The van der Waals surface area contributed by atoms with Crippen LogP contribution in [0.25, 0.3) is 0 Å². The third kappa shape index (κ3) is 1.44. The lowest BCUT2D eigenvalue weighted by Crippen LogP contribution is -1.95. The molecule has 0 bridgehead atoms. The molecule has 3 heteroatoms. The van der Waals surface area contributed by atoms with E-state index in [1.54, 1.807) is 6.07 Å². The zero-order valence-electron chi connectivity index (χ0n) is 7.21. The molecule has 1 aromatic rings. The molecule has 0 aromatic carbocycles. The van der Waals surface area contributed by atoms with Crippen LogP contribution in [0.4, 0.5) is 0 Å². The van der Waals surface area contributed by atoms with Crippen molar-refractivity contribution in [1.29, 1.82) is 0 Å². The standard InChI is InChI=1S/C9H11ClN2/c1-5-3-7(5)9-11-6(2)4-8(10)12-9/h4-5,7H,3H2,1-2H3. The Morgan fingerprint density at radius 3 is 2.67 bits per heavy atom. The molecular weight excluding hydrogens is 172 g/mol. The number of aryl methyl sites for hydroxylation is 1. The van der Waals surface area contributed by atoms with Gasteiger partial charge >= 0.3 is 0 Å². The van der Waals surface area contributed by atoms with Crippen LogP contribution < -0.4 is 0 Å². The van der Waals surface area contributed by atoms with Gasteiger partial charge in [-0.3, -0.25) is 0 Å². The van der Waals surface area contributed by atoms with Gasteiger partial charge < -0.3 is 0 Å². The summed E-state index contributed by atoms with van der Waals surface area (Å²) in [7, 11) is 0. The van der Waals surface area contributed by atoms with Gasteiger partial charge in [0.25, 0.3) is 0 Å². The molecule has 0 radical (unpaired) electrons. The predicted octanol–water partition coefficient (Wildman–Crippen LogP) is 2.56. The van der Waals surface area contributed by atoms with Gasteiger partial charge in [0.05, 0.1) is 0 Å². The van der Waals surface area contributed by atoms with Crippen LogP contribution in [-0.2, 0) is 0 Å². The summed E-state index contributed by atoms with van der Waals surface area (Å²) < 4.78 is 0. The van der Waals surface area contributed by atoms with E-state index >= 15 is 0 Å². The minimum absolute atomic E-state index is 0.558. The van der Waals surface area contributed by atoms with E-state index in [0.29, 0.717) is 11.1 Å². The van der Waals surface area contributed by atoms with Gasteiger partial charge in [-0.05, 0) is 25.3 Å². The molecule has 2 unspecified atom stereocenters. The van der Waals surface area contributed by atoms with Gasteiger partial charge in [0.2, 0.25) is 0 Å². The van der Waals surface area contributed by atoms with Crippen LogP contribution in [0, 0.1) is 12.8 Å². The van der Waals surface area contributed by atoms with Gasteiger partial charge in [0.1, 0.15) is 11.0 Å². The van der Waals surface area contributed by atoms with Crippen LogP contribution >= 0.6 is 11.6 Å². The van der Waals surface area contributed by atoms with E-state index in [9.17, 15) is 0 Å². The Balaban J connectivity index is 2.32.